The van der Waals surface area contributed by atoms with Gasteiger partial charge < -0.3 is 9.47 Å². The quantitative estimate of drug-likeness (QED) is 0.690. The molecule has 0 spiro atoms. The fraction of sp³-hybridized carbons (Fsp3) is 0.111. The Balaban J connectivity index is 1.62. The van der Waals surface area contributed by atoms with Crippen molar-refractivity contribution >= 4 is 34.0 Å². The SMILES string of the molecule is COc1ccccc1-c1csc(NC(=O)COc2cccc(Cl)c2)n1. The molecule has 0 saturated heterocycles. The molecule has 0 atom stereocenters. The maximum Gasteiger partial charge on any atom is 0.264 e. The van der Waals surface area contributed by atoms with Crippen LogP contribution in [0.4, 0.5) is 5.13 Å². The van der Waals surface area contributed by atoms with E-state index in [9.17, 15) is 4.79 Å². The van der Waals surface area contributed by atoms with E-state index in [0.29, 0.717) is 15.9 Å². The Labute approximate surface area is 154 Å². The predicted octanol–water partition coefficient (Wildman–Crippen LogP) is 4.49. The van der Waals surface area contributed by atoms with Gasteiger partial charge in [0.05, 0.1) is 12.8 Å². The number of rotatable bonds is 6. The summed E-state index contributed by atoms with van der Waals surface area (Å²) < 4.78 is 10.7. The number of nitrogens with one attached hydrogen (secondary N) is 1. The summed E-state index contributed by atoms with van der Waals surface area (Å²) >= 11 is 7.22. The van der Waals surface area contributed by atoms with Crippen LogP contribution in [0.15, 0.2) is 53.9 Å². The van der Waals surface area contributed by atoms with Crippen LogP contribution in [0.1, 0.15) is 0 Å². The first kappa shape index (κ1) is 17.3. The molecule has 3 rings (SSSR count). The first-order chi connectivity index (χ1) is 12.2. The topological polar surface area (TPSA) is 60.5 Å². The van der Waals surface area contributed by atoms with Gasteiger partial charge in [0.15, 0.2) is 11.7 Å². The molecule has 0 radical (unpaired) electrons. The summed E-state index contributed by atoms with van der Waals surface area (Å²) in [6.45, 7) is -0.121. The molecule has 5 nitrogen and oxygen atoms in total. The molecule has 0 saturated carbocycles. The average molecular weight is 375 g/mol. The molecule has 0 aliphatic rings. The van der Waals surface area contributed by atoms with Crippen molar-refractivity contribution in [3.63, 3.8) is 0 Å². The van der Waals surface area contributed by atoms with Gasteiger partial charge in [-0.25, -0.2) is 4.98 Å². The fourth-order valence-corrected chi connectivity index (χ4v) is 3.08. The highest BCUT2D eigenvalue weighted by molar-refractivity contribution is 7.14. The van der Waals surface area contributed by atoms with E-state index in [4.69, 9.17) is 21.1 Å². The van der Waals surface area contributed by atoms with Gasteiger partial charge in [-0.15, -0.1) is 11.3 Å². The van der Waals surface area contributed by atoms with Gasteiger partial charge >= 0.3 is 0 Å². The van der Waals surface area contributed by atoms with Crippen molar-refractivity contribution < 1.29 is 14.3 Å². The van der Waals surface area contributed by atoms with E-state index in [2.05, 4.69) is 10.3 Å². The number of amides is 1. The second kappa shape index (κ2) is 8.00. The summed E-state index contributed by atoms with van der Waals surface area (Å²) in [4.78, 5) is 16.4. The Bertz CT molecular complexity index is 882. The lowest BCUT2D eigenvalue weighted by Gasteiger charge is -2.06. The molecule has 1 amide bonds. The summed E-state index contributed by atoms with van der Waals surface area (Å²) in [6.07, 6.45) is 0. The van der Waals surface area contributed by atoms with Crippen LogP contribution in [0.3, 0.4) is 0 Å². The van der Waals surface area contributed by atoms with Gasteiger partial charge in [0.1, 0.15) is 11.5 Å². The zero-order chi connectivity index (χ0) is 17.6. The summed E-state index contributed by atoms with van der Waals surface area (Å²) in [5.74, 6) is 0.979. The van der Waals surface area contributed by atoms with E-state index in [0.717, 1.165) is 17.0 Å². The maximum atomic E-state index is 12.0. The number of ether oxygens (including phenoxy) is 2. The average Bonchev–Trinajstić information content (AvgIpc) is 3.08. The first-order valence-electron chi connectivity index (χ1n) is 7.43. The predicted molar refractivity (Wildman–Crippen MR) is 99.7 cm³/mol. The highest BCUT2D eigenvalue weighted by atomic mass is 35.5. The number of hydrogen-bond acceptors (Lipinski definition) is 5. The van der Waals surface area contributed by atoms with E-state index in [-0.39, 0.29) is 12.5 Å². The number of benzene rings is 2. The molecule has 0 bridgehead atoms. The van der Waals surface area contributed by atoms with E-state index in [1.54, 1.807) is 31.4 Å². The zero-order valence-electron chi connectivity index (χ0n) is 13.4. The number of anilines is 1. The number of hydrogen-bond donors (Lipinski definition) is 1. The van der Waals surface area contributed by atoms with Crippen molar-refractivity contribution in [3.05, 3.63) is 58.9 Å². The summed E-state index contributed by atoms with van der Waals surface area (Å²) in [6, 6.07) is 14.5. The standard InChI is InChI=1S/C18H15ClN2O3S/c1-23-16-8-3-2-7-14(16)15-11-25-18(20-15)21-17(22)10-24-13-6-4-5-12(19)9-13/h2-9,11H,10H2,1H3,(H,20,21,22). The van der Waals surface area contributed by atoms with Gasteiger partial charge in [-0.2, -0.15) is 0 Å². The molecule has 128 valence electrons. The molecule has 0 aliphatic carbocycles. The Morgan fingerprint density at radius 2 is 2.08 bits per heavy atom. The summed E-state index contributed by atoms with van der Waals surface area (Å²) in [5, 5.41) is 5.65. The molecule has 1 aromatic heterocycles. The van der Waals surface area contributed by atoms with Crippen LogP contribution in [0.25, 0.3) is 11.3 Å². The molecular weight excluding hydrogens is 360 g/mol. The van der Waals surface area contributed by atoms with Gasteiger partial charge in [-0.3, -0.25) is 10.1 Å². The van der Waals surface area contributed by atoms with E-state index in [1.165, 1.54) is 11.3 Å². The number of thiazole rings is 1. The molecule has 1 heterocycles. The zero-order valence-corrected chi connectivity index (χ0v) is 14.9. The van der Waals surface area contributed by atoms with Crippen molar-refractivity contribution in [1.29, 1.82) is 0 Å². The molecular formula is C18H15ClN2O3S. The van der Waals surface area contributed by atoms with Crippen molar-refractivity contribution in [2.45, 2.75) is 0 Å². The normalized spacial score (nSPS) is 10.3. The number of methoxy groups -OCH3 is 1. The molecule has 1 N–H and O–H groups in total. The smallest absolute Gasteiger partial charge is 0.264 e. The van der Waals surface area contributed by atoms with Crippen LogP contribution in [-0.2, 0) is 4.79 Å². The maximum absolute atomic E-state index is 12.0. The van der Waals surface area contributed by atoms with Crippen LogP contribution < -0.4 is 14.8 Å². The van der Waals surface area contributed by atoms with Crippen molar-refractivity contribution in [2.75, 3.05) is 19.0 Å². The number of nitrogens with zero attached hydrogens (tertiary/aromatic N) is 1. The molecule has 0 aliphatic heterocycles. The van der Waals surface area contributed by atoms with Crippen LogP contribution >= 0.6 is 22.9 Å². The van der Waals surface area contributed by atoms with E-state index in [1.807, 2.05) is 29.6 Å². The molecule has 25 heavy (non-hydrogen) atoms. The summed E-state index contributed by atoms with van der Waals surface area (Å²) in [5.41, 5.74) is 1.62. The summed E-state index contributed by atoms with van der Waals surface area (Å²) in [7, 11) is 1.61. The fourth-order valence-electron chi connectivity index (χ4n) is 2.17. The lowest BCUT2D eigenvalue weighted by atomic mass is 10.1. The number of carbonyl (C=O) groups is 1. The van der Waals surface area contributed by atoms with E-state index >= 15 is 0 Å². The number of halogens is 1. The number of para-hydroxylation sites is 1. The Kier molecular flexibility index (Phi) is 5.53. The number of aromatic nitrogens is 1. The van der Waals surface area contributed by atoms with Crippen molar-refractivity contribution in [2.24, 2.45) is 0 Å². The minimum absolute atomic E-state index is 0.121. The minimum Gasteiger partial charge on any atom is -0.496 e. The minimum atomic E-state index is -0.291. The van der Waals surface area contributed by atoms with Gasteiger partial charge in [0.2, 0.25) is 0 Å². The molecule has 0 fully saturated rings. The molecule has 2 aromatic carbocycles. The highest BCUT2D eigenvalue weighted by Gasteiger charge is 2.11. The second-order valence-corrected chi connectivity index (χ2v) is 6.33. The monoisotopic (exact) mass is 374 g/mol. The molecule has 3 aromatic rings. The molecule has 7 heteroatoms. The third-order valence-electron chi connectivity index (χ3n) is 3.30. The van der Waals surface area contributed by atoms with Crippen molar-refractivity contribution in [3.8, 4) is 22.8 Å². The second-order valence-electron chi connectivity index (χ2n) is 5.03. The Morgan fingerprint density at radius 1 is 1.24 bits per heavy atom. The third kappa shape index (κ3) is 4.49. The Hall–Kier alpha value is -2.57. The Morgan fingerprint density at radius 3 is 2.88 bits per heavy atom. The number of carbonyl (C=O) groups excluding carboxylic acids is 1. The van der Waals surface area contributed by atoms with Crippen molar-refractivity contribution in [1.82, 2.24) is 4.98 Å². The van der Waals surface area contributed by atoms with Gasteiger partial charge in [0, 0.05) is 16.0 Å². The van der Waals surface area contributed by atoms with Crippen LogP contribution in [0, 0.1) is 0 Å². The lowest BCUT2D eigenvalue weighted by molar-refractivity contribution is -0.118. The van der Waals surface area contributed by atoms with Crippen LogP contribution in [0.2, 0.25) is 5.02 Å². The van der Waals surface area contributed by atoms with E-state index < -0.39 is 0 Å². The largest absolute Gasteiger partial charge is 0.496 e. The van der Waals surface area contributed by atoms with Gasteiger partial charge in [-0.05, 0) is 30.3 Å². The first-order valence-corrected chi connectivity index (χ1v) is 8.68. The lowest BCUT2D eigenvalue weighted by Crippen LogP contribution is -2.20. The van der Waals surface area contributed by atoms with Gasteiger partial charge in [-0.1, -0.05) is 29.8 Å². The van der Waals surface area contributed by atoms with Crippen LogP contribution in [0.5, 0.6) is 11.5 Å². The van der Waals surface area contributed by atoms with Gasteiger partial charge in [0.25, 0.3) is 5.91 Å². The molecule has 0 unspecified atom stereocenters. The highest BCUT2D eigenvalue weighted by Crippen LogP contribution is 2.31. The van der Waals surface area contributed by atoms with Crippen LogP contribution in [-0.4, -0.2) is 24.6 Å². The third-order valence-corrected chi connectivity index (χ3v) is 4.29.